The highest BCUT2D eigenvalue weighted by molar-refractivity contribution is 6.39. The maximum Gasteiger partial charge on any atom is 0.225 e. The van der Waals surface area contributed by atoms with Gasteiger partial charge in [0, 0.05) is 24.5 Å². The Morgan fingerprint density at radius 2 is 1.92 bits per heavy atom. The number of nitriles is 1. The normalized spacial score (nSPS) is 22.2. The molecule has 5 rings (SSSR count). The zero-order chi connectivity index (χ0) is 26.8. The molecule has 2 fully saturated rings. The molecule has 200 valence electrons. The average molecular weight is 557 g/mol. The summed E-state index contributed by atoms with van der Waals surface area (Å²) in [5.41, 5.74) is 7.74. The summed E-state index contributed by atoms with van der Waals surface area (Å²) in [5.74, 6) is 0.709. The van der Waals surface area contributed by atoms with Crippen molar-refractivity contribution in [2.24, 2.45) is 11.7 Å². The van der Waals surface area contributed by atoms with E-state index in [9.17, 15) is 10.1 Å². The van der Waals surface area contributed by atoms with Gasteiger partial charge in [0.2, 0.25) is 17.8 Å². The summed E-state index contributed by atoms with van der Waals surface area (Å²) >= 11 is 13.0. The van der Waals surface area contributed by atoms with Crippen LogP contribution in [-0.4, -0.2) is 56.0 Å². The van der Waals surface area contributed by atoms with E-state index in [0.717, 1.165) is 45.3 Å². The van der Waals surface area contributed by atoms with E-state index in [-0.39, 0.29) is 23.9 Å². The van der Waals surface area contributed by atoms with E-state index in [4.69, 9.17) is 38.9 Å². The number of rotatable bonds is 7. The highest BCUT2D eigenvalue weighted by Crippen LogP contribution is 2.39. The number of primary amides is 1. The quantitative estimate of drug-likeness (QED) is 0.375. The lowest BCUT2D eigenvalue weighted by Crippen LogP contribution is -2.42. The van der Waals surface area contributed by atoms with Crippen LogP contribution in [0.15, 0.2) is 18.3 Å². The molecule has 1 aliphatic heterocycles. The van der Waals surface area contributed by atoms with Crippen LogP contribution in [0.25, 0.3) is 11.2 Å². The number of nitrogens with two attached hydrogens (primary N) is 1. The van der Waals surface area contributed by atoms with Crippen LogP contribution in [-0.2, 0) is 4.79 Å². The van der Waals surface area contributed by atoms with Gasteiger partial charge < -0.3 is 21.3 Å². The topological polar surface area (TPSA) is 138 Å². The zero-order valence-electron chi connectivity index (χ0n) is 21.3. The van der Waals surface area contributed by atoms with Crippen LogP contribution in [0, 0.1) is 17.2 Å². The first-order valence-corrected chi connectivity index (χ1v) is 13.8. The number of hydrogen-bond donors (Lipinski definition) is 3. The molecule has 3 heterocycles. The molecule has 0 spiro atoms. The number of nitrogens with zero attached hydrogens (tertiary/aromatic N) is 6. The van der Waals surface area contributed by atoms with Crippen molar-refractivity contribution >= 4 is 57.9 Å². The Bertz CT molecular complexity index is 1350. The molecular formula is C26H31Cl2N9O. The molecule has 4 N–H and O–H groups in total. The van der Waals surface area contributed by atoms with Gasteiger partial charge >= 0.3 is 0 Å². The molecule has 1 saturated carbocycles. The smallest absolute Gasteiger partial charge is 0.225 e. The number of anilines is 3. The zero-order valence-corrected chi connectivity index (χ0v) is 22.8. The summed E-state index contributed by atoms with van der Waals surface area (Å²) < 4.78 is 2.06. The Balaban J connectivity index is 1.51. The molecule has 1 atom stereocenters. The highest BCUT2D eigenvalue weighted by Gasteiger charge is 2.30. The fraction of sp³-hybridized carbons (Fsp3) is 0.500. The van der Waals surface area contributed by atoms with Gasteiger partial charge in [-0.2, -0.15) is 10.2 Å². The summed E-state index contributed by atoms with van der Waals surface area (Å²) in [6.45, 7) is 5.27. The minimum atomic E-state index is -0.254. The summed E-state index contributed by atoms with van der Waals surface area (Å²) in [7, 11) is 0. The average Bonchev–Trinajstić information content (AvgIpc) is 3.28. The van der Waals surface area contributed by atoms with Gasteiger partial charge in [-0.3, -0.25) is 9.36 Å². The first kappa shape index (κ1) is 26.5. The van der Waals surface area contributed by atoms with Crippen molar-refractivity contribution in [3.8, 4) is 6.07 Å². The van der Waals surface area contributed by atoms with Crippen molar-refractivity contribution in [3.05, 3.63) is 33.9 Å². The monoisotopic (exact) mass is 555 g/mol. The second-order valence-corrected chi connectivity index (χ2v) is 10.9. The molecule has 0 bridgehead atoms. The van der Waals surface area contributed by atoms with Crippen molar-refractivity contribution in [1.29, 1.82) is 5.26 Å². The lowest BCUT2D eigenvalue weighted by molar-refractivity contribution is -0.122. The minimum Gasteiger partial charge on any atom is -0.369 e. The van der Waals surface area contributed by atoms with Gasteiger partial charge in [0.1, 0.15) is 5.52 Å². The number of fused-ring (bicyclic) bond motifs is 1. The molecule has 1 aliphatic carbocycles. The van der Waals surface area contributed by atoms with Crippen LogP contribution in [0.5, 0.6) is 0 Å². The number of hydrogen-bond acceptors (Lipinski definition) is 8. The maximum absolute atomic E-state index is 11.8. The van der Waals surface area contributed by atoms with E-state index in [1.54, 1.807) is 18.3 Å². The molecule has 0 radical (unpaired) electrons. The number of carbonyl (C=O) groups is 1. The minimum absolute atomic E-state index is 0.0436. The summed E-state index contributed by atoms with van der Waals surface area (Å²) in [6.07, 6.45) is 6.83. The summed E-state index contributed by atoms with van der Waals surface area (Å²) in [6, 6.07) is 5.50. The lowest BCUT2D eigenvalue weighted by atomic mass is 9.85. The Labute approximate surface area is 231 Å². The molecule has 2 aromatic heterocycles. The van der Waals surface area contributed by atoms with Crippen molar-refractivity contribution in [2.45, 2.75) is 57.5 Å². The number of imidazole rings is 1. The third-order valence-electron chi connectivity index (χ3n) is 7.59. The Morgan fingerprint density at radius 3 is 2.58 bits per heavy atom. The molecule has 2 aliphatic rings. The number of piperidine rings is 1. The number of amides is 1. The number of likely N-dealkylation sites (N-methyl/N-ethyl adjacent to an activating group) is 1. The molecule has 1 amide bonds. The van der Waals surface area contributed by atoms with E-state index < -0.39 is 0 Å². The molecule has 1 aromatic carbocycles. The standard InChI is InChI=1S/C26H31Cl2N9O/c1-2-36-9-3-4-17(14-36)32-25-31-13-21-24(35-25)37(18-7-5-16(6-8-18)23(30)38)26(33-21)34-22-19(27)10-15(12-29)11-20(22)28/h10-11,13,16-18H,2-9,14H2,1H3,(H2,30,38)(H,33,34)(H,31,32,35)/t16-,17-,18-/m1/s1. The van der Waals surface area contributed by atoms with Crippen molar-refractivity contribution in [3.63, 3.8) is 0 Å². The van der Waals surface area contributed by atoms with Gasteiger partial charge in [0.05, 0.1) is 33.6 Å². The van der Waals surface area contributed by atoms with Crippen LogP contribution in [0.1, 0.15) is 57.1 Å². The van der Waals surface area contributed by atoms with Gasteiger partial charge in [-0.15, -0.1) is 0 Å². The van der Waals surface area contributed by atoms with Gasteiger partial charge in [0.25, 0.3) is 0 Å². The number of halogens is 2. The van der Waals surface area contributed by atoms with E-state index in [2.05, 4.69) is 38.1 Å². The summed E-state index contributed by atoms with van der Waals surface area (Å²) in [4.78, 5) is 28.5. The van der Waals surface area contributed by atoms with Crippen LogP contribution in [0.4, 0.5) is 17.6 Å². The predicted octanol–water partition coefficient (Wildman–Crippen LogP) is 4.86. The van der Waals surface area contributed by atoms with Crippen LogP contribution >= 0.6 is 23.2 Å². The molecule has 1 saturated heterocycles. The van der Waals surface area contributed by atoms with E-state index in [1.807, 2.05) is 0 Å². The van der Waals surface area contributed by atoms with E-state index in [1.165, 1.54) is 0 Å². The predicted molar refractivity (Wildman–Crippen MR) is 149 cm³/mol. The summed E-state index contributed by atoms with van der Waals surface area (Å²) in [5, 5.41) is 16.7. The Morgan fingerprint density at radius 1 is 1.18 bits per heavy atom. The first-order valence-electron chi connectivity index (χ1n) is 13.1. The number of nitrogens with one attached hydrogen (secondary N) is 2. The van der Waals surface area contributed by atoms with Crippen molar-refractivity contribution < 1.29 is 4.79 Å². The largest absolute Gasteiger partial charge is 0.369 e. The second-order valence-electron chi connectivity index (χ2n) is 10.0. The molecule has 3 aromatic rings. The van der Waals surface area contributed by atoms with Gasteiger partial charge in [-0.05, 0) is 63.7 Å². The molecule has 12 heteroatoms. The third-order valence-corrected chi connectivity index (χ3v) is 8.19. The molecule has 10 nitrogen and oxygen atoms in total. The van der Waals surface area contributed by atoms with Crippen LogP contribution < -0.4 is 16.4 Å². The highest BCUT2D eigenvalue weighted by atomic mass is 35.5. The fourth-order valence-corrected chi connectivity index (χ4v) is 6.11. The van der Waals surface area contributed by atoms with E-state index >= 15 is 0 Å². The molecule has 0 unspecified atom stereocenters. The fourth-order valence-electron chi connectivity index (χ4n) is 5.53. The van der Waals surface area contributed by atoms with Gasteiger partial charge in [0.15, 0.2) is 5.65 Å². The lowest BCUT2D eigenvalue weighted by Gasteiger charge is -2.32. The van der Waals surface area contributed by atoms with E-state index in [0.29, 0.717) is 57.2 Å². The number of likely N-dealkylation sites (tertiary alicyclic amines) is 1. The van der Waals surface area contributed by atoms with Gasteiger partial charge in [-0.25, -0.2) is 9.97 Å². The molecule has 38 heavy (non-hydrogen) atoms. The van der Waals surface area contributed by atoms with Crippen LogP contribution in [0.2, 0.25) is 10.0 Å². The number of aromatic nitrogens is 4. The second kappa shape index (κ2) is 11.3. The third kappa shape index (κ3) is 5.51. The Hall–Kier alpha value is -3.13. The van der Waals surface area contributed by atoms with Crippen molar-refractivity contribution in [2.75, 3.05) is 30.3 Å². The first-order chi connectivity index (χ1) is 18.4. The van der Waals surface area contributed by atoms with Gasteiger partial charge in [-0.1, -0.05) is 30.1 Å². The molecular weight excluding hydrogens is 525 g/mol. The van der Waals surface area contributed by atoms with Crippen molar-refractivity contribution in [1.82, 2.24) is 24.4 Å². The maximum atomic E-state index is 11.8. The van der Waals surface area contributed by atoms with Crippen LogP contribution in [0.3, 0.4) is 0 Å². The number of benzene rings is 1. The Kier molecular flexibility index (Phi) is 7.88. The number of carbonyl (C=O) groups excluding carboxylic acids is 1. The SMILES string of the molecule is CCN1CCC[C@@H](Nc2ncc3nc(Nc4c(Cl)cc(C#N)cc4Cl)n([C@H]4CC[C@H](C(N)=O)CC4)c3n2)C1.